The van der Waals surface area contributed by atoms with Gasteiger partial charge in [0.25, 0.3) is 5.91 Å². The van der Waals surface area contributed by atoms with Gasteiger partial charge in [-0.1, -0.05) is 60.4 Å². The first-order valence-electron chi connectivity index (χ1n) is 6.89. The number of carbonyl (C=O) groups is 1. The number of thiocarbonyl (C=S) groups is 1. The van der Waals surface area contributed by atoms with Gasteiger partial charge in [-0.05, 0) is 30.2 Å². The van der Waals surface area contributed by atoms with Crippen molar-refractivity contribution in [2.45, 2.75) is 13.0 Å². The second-order valence-electron chi connectivity index (χ2n) is 4.92. The summed E-state index contributed by atoms with van der Waals surface area (Å²) < 4.78 is 0.594. The molecule has 0 aliphatic carbocycles. The van der Waals surface area contributed by atoms with E-state index >= 15 is 0 Å². The van der Waals surface area contributed by atoms with Crippen LogP contribution < -0.4 is 0 Å². The van der Waals surface area contributed by atoms with Crippen LogP contribution in [0.15, 0.2) is 59.8 Å². The van der Waals surface area contributed by atoms with E-state index in [-0.39, 0.29) is 11.9 Å². The van der Waals surface area contributed by atoms with E-state index < -0.39 is 0 Å². The molecule has 1 aliphatic rings. The number of pyridine rings is 1. The third-order valence-electron chi connectivity index (χ3n) is 3.47. The highest BCUT2D eigenvalue weighted by atomic mass is 32.2. The zero-order valence-corrected chi connectivity index (χ0v) is 13.6. The predicted octanol–water partition coefficient (Wildman–Crippen LogP) is 4.04. The normalized spacial score (nSPS) is 18.0. The summed E-state index contributed by atoms with van der Waals surface area (Å²) in [6.07, 6.45) is 5.28. The minimum Gasteiger partial charge on any atom is -0.286 e. The van der Waals surface area contributed by atoms with Gasteiger partial charge in [0, 0.05) is 12.4 Å². The molecule has 1 aliphatic heterocycles. The van der Waals surface area contributed by atoms with Crippen LogP contribution in [0.1, 0.15) is 24.1 Å². The van der Waals surface area contributed by atoms with Crippen molar-refractivity contribution < 1.29 is 4.79 Å². The Kier molecular flexibility index (Phi) is 4.36. The van der Waals surface area contributed by atoms with E-state index in [0.717, 1.165) is 11.1 Å². The number of amides is 1. The summed E-state index contributed by atoms with van der Waals surface area (Å²) in [4.78, 5) is 19.0. The second kappa shape index (κ2) is 6.42. The van der Waals surface area contributed by atoms with E-state index in [0.29, 0.717) is 9.23 Å². The molecule has 5 heteroatoms. The molecule has 1 fully saturated rings. The van der Waals surface area contributed by atoms with Crippen molar-refractivity contribution >= 4 is 40.3 Å². The fourth-order valence-corrected chi connectivity index (χ4v) is 3.73. The number of nitrogens with zero attached hydrogens (tertiary/aromatic N) is 2. The van der Waals surface area contributed by atoms with Crippen molar-refractivity contribution in [2.24, 2.45) is 0 Å². The first-order valence-corrected chi connectivity index (χ1v) is 8.11. The number of benzene rings is 1. The number of aromatic nitrogens is 1. The average molecular weight is 326 g/mol. The molecular formula is C17H14N2OS2. The summed E-state index contributed by atoms with van der Waals surface area (Å²) in [5, 5.41) is 0. The van der Waals surface area contributed by atoms with Crippen LogP contribution in [-0.4, -0.2) is 20.1 Å². The lowest BCUT2D eigenvalue weighted by molar-refractivity contribution is -0.123. The summed E-state index contributed by atoms with van der Waals surface area (Å²) >= 11 is 6.74. The second-order valence-corrected chi connectivity index (χ2v) is 6.60. The number of hydrogen-bond donors (Lipinski definition) is 0. The van der Waals surface area contributed by atoms with Gasteiger partial charge in [-0.15, -0.1) is 0 Å². The number of thioether (sulfide) groups is 1. The van der Waals surface area contributed by atoms with Crippen LogP contribution in [0.5, 0.6) is 0 Å². The minimum absolute atomic E-state index is 0.0461. The Bertz CT molecular complexity index is 729. The van der Waals surface area contributed by atoms with E-state index in [2.05, 4.69) is 4.98 Å². The standard InChI is InChI=1S/C17H14N2OS2/c1-12(14-7-3-2-4-8-14)19-16(20)15(22-17(19)21)10-13-6-5-9-18-11-13/h2-12H,1H3/t12-/m1/s1. The molecule has 22 heavy (non-hydrogen) atoms. The van der Waals surface area contributed by atoms with Gasteiger partial charge in [0.2, 0.25) is 0 Å². The van der Waals surface area contributed by atoms with E-state index in [1.165, 1.54) is 11.8 Å². The van der Waals surface area contributed by atoms with Crippen molar-refractivity contribution in [3.63, 3.8) is 0 Å². The Morgan fingerprint density at radius 1 is 1.23 bits per heavy atom. The number of hydrogen-bond acceptors (Lipinski definition) is 4. The SMILES string of the molecule is C[C@H](c1ccccc1)N1C(=O)C(=Cc2cccnc2)SC1=S. The first-order chi connectivity index (χ1) is 10.7. The van der Waals surface area contributed by atoms with Crippen molar-refractivity contribution in [1.29, 1.82) is 0 Å². The molecule has 2 aromatic rings. The van der Waals surface area contributed by atoms with Crippen LogP contribution in [0.4, 0.5) is 0 Å². The molecule has 0 unspecified atom stereocenters. The first kappa shape index (κ1) is 14.9. The molecular weight excluding hydrogens is 312 g/mol. The predicted molar refractivity (Wildman–Crippen MR) is 94.1 cm³/mol. The zero-order valence-electron chi connectivity index (χ0n) is 12.0. The Labute approximate surface area is 139 Å². The zero-order chi connectivity index (χ0) is 15.5. The van der Waals surface area contributed by atoms with Gasteiger partial charge < -0.3 is 0 Å². The third-order valence-corrected chi connectivity index (χ3v) is 4.81. The quantitative estimate of drug-likeness (QED) is 0.629. The van der Waals surface area contributed by atoms with Crippen molar-refractivity contribution in [3.8, 4) is 0 Å². The van der Waals surface area contributed by atoms with Gasteiger partial charge in [0.1, 0.15) is 4.32 Å². The summed E-state index contributed by atoms with van der Waals surface area (Å²) in [6.45, 7) is 1.99. The van der Waals surface area contributed by atoms with Crippen LogP contribution in [0.2, 0.25) is 0 Å². The van der Waals surface area contributed by atoms with Gasteiger partial charge in [-0.2, -0.15) is 0 Å². The molecule has 2 heterocycles. The van der Waals surface area contributed by atoms with Gasteiger partial charge in [-0.25, -0.2) is 0 Å². The summed E-state index contributed by atoms with van der Waals surface area (Å²) in [5.74, 6) is -0.0461. The Morgan fingerprint density at radius 3 is 2.68 bits per heavy atom. The summed E-state index contributed by atoms with van der Waals surface area (Å²) in [7, 11) is 0. The monoisotopic (exact) mass is 326 g/mol. The molecule has 3 rings (SSSR count). The van der Waals surface area contributed by atoms with Gasteiger partial charge in [0.05, 0.1) is 10.9 Å². The molecule has 0 spiro atoms. The molecule has 0 N–H and O–H groups in total. The Hall–Kier alpha value is -1.98. The molecule has 0 saturated carbocycles. The van der Waals surface area contributed by atoms with Crippen LogP contribution in [0.25, 0.3) is 6.08 Å². The lowest BCUT2D eigenvalue weighted by atomic mass is 10.1. The fraction of sp³-hybridized carbons (Fsp3) is 0.118. The molecule has 0 radical (unpaired) electrons. The average Bonchev–Trinajstić information content (AvgIpc) is 2.82. The van der Waals surface area contributed by atoms with Gasteiger partial charge in [0.15, 0.2) is 0 Å². The van der Waals surface area contributed by atoms with E-state index in [9.17, 15) is 4.79 Å². The number of rotatable bonds is 3. The number of carbonyl (C=O) groups excluding carboxylic acids is 1. The van der Waals surface area contributed by atoms with E-state index in [1.807, 2.05) is 55.5 Å². The van der Waals surface area contributed by atoms with Gasteiger partial charge >= 0.3 is 0 Å². The molecule has 110 valence electrons. The summed E-state index contributed by atoms with van der Waals surface area (Å²) in [6, 6.07) is 13.6. The van der Waals surface area contributed by atoms with Crippen LogP contribution >= 0.6 is 24.0 Å². The maximum Gasteiger partial charge on any atom is 0.266 e. The van der Waals surface area contributed by atoms with Crippen LogP contribution in [0, 0.1) is 0 Å². The lowest BCUT2D eigenvalue weighted by Gasteiger charge is -2.23. The minimum atomic E-state index is -0.0755. The maximum atomic E-state index is 12.7. The fourth-order valence-electron chi connectivity index (χ4n) is 2.31. The van der Waals surface area contributed by atoms with Gasteiger partial charge in [-0.3, -0.25) is 14.7 Å². The molecule has 1 amide bonds. The Morgan fingerprint density at radius 2 is 2.00 bits per heavy atom. The summed E-state index contributed by atoms with van der Waals surface area (Å²) in [5.41, 5.74) is 1.97. The molecule has 1 atom stereocenters. The third kappa shape index (κ3) is 2.96. The van der Waals surface area contributed by atoms with E-state index in [1.54, 1.807) is 17.3 Å². The lowest BCUT2D eigenvalue weighted by Crippen LogP contribution is -2.30. The maximum absolute atomic E-state index is 12.7. The molecule has 1 aromatic carbocycles. The van der Waals surface area contributed by atoms with Crippen LogP contribution in [0.3, 0.4) is 0 Å². The largest absolute Gasteiger partial charge is 0.286 e. The van der Waals surface area contributed by atoms with Crippen LogP contribution in [-0.2, 0) is 4.79 Å². The highest BCUT2D eigenvalue weighted by Gasteiger charge is 2.35. The highest BCUT2D eigenvalue weighted by molar-refractivity contribution is 8.26. The highest BCUT2D eigenvalue weighted by Crippen LogP contribution is 2.37. The molecule has 3 nitrogen and oxygen atoms in total. The topological polar surface area (TPSA) is 33.2 Å². The molecule has 1 aromatic heterocycles. The van der Waals surface area contributed by atoms with Crippen molar-refractivity contribution in [1.82, 2.24) is 9.88 Å². The van der Waals surface area contributed by atoms with Crippen molar-refractivity contribution in [3.05, 3.63) is 70.9 Å². The molecule has 0 bridgehead atoms. The smallest absolute Gasteiger partial charge is 0.266 e. The Balaban J connectivity index is 1.88. The van der Waals surface area contributed by atoms with E-state index in [4.69, 9.17) is 12.2 Å². The van der Waals surface area contributed by atoms with Crippen molar-refractivity contribution in [2.75, 3.05) is 0 Å². The molecule has 1 saturated heterocycles.